The highest BCUT2D eigenvalue weighted by Gasteiger charge is 2.44. The van der Waals surface area contributed by atoms with E-state index in [9.17, 15) is 9.59 Å². The van der Waals surface area contributed by atoms with Crippen LogP contribution in [0, 0.1) is 6.92 Å². The Morgan fingerprint density at radius 1 is 1.03 bits per heavy atom. The molecule has 6 rings (SSSR count). The van der Waals surface area contributed by atoms with Gasteiger partial charge in [-0.15, -0.1) is 0 Å². The minimum Gasteiger partial charge on any atom is -0.450 e. The Hall–Kier alpha value is -3.84. The van der Waals surface area contributed by atoms with Gasteiger partial charge in [-0.1, -0.05) is 29.5 Å². The van der Waals surface area contributed by atoms with E-state index < -0.39 is 6.04 Å². The summed E-state index contributed by atoms with van der Waals surface area (Å²) in [6.45, 7) is 2.02. The molecular weight excluding hydrogens is 410 g/mol. The largest absolute Gasteiger partial charge is 0.450 e. The zero-order chi connectivity index (χ0) is 21.1. The second-order valence-corrected chi connectivity index (χ2v) is 8.51. The van der Waals surface area contributed by atoms with E-state index in [0.29, 0.717) is 21.7 Å². The Balaban J connectivity index is 1.64. The van der Waals surface area contributed by atoms with Gasteiger partial charge in [-0.3, -0.25) is 19.5 Å². The average Bonchev–Trinajstić information content (AvgIpc) is 3.33. The minimum atomic E-state index is -0.631. The van der Waals surface area contributed by atoms with Gasteiger partial charge >= 0.3 is 0 Å². The summed E-state index contributed by atoms with van der Waals surface area (Å²) in [6, 6.07) is 16.0. The summed E-state index contributed by atoms with van der Waals surface area (Å²) in [6.07, 6.45) is 3.31. The monoisotopic (exact) mass is 425 g/mol. The molecule has 6 nitrogen and oxygen atoms in total. The van der Waals surface area contributed by atoms with Gasteiger partial charge in [-0.2, -0.15) is 0 Å². The predicted octanol–water partition coefficient (Wildman–Crippen LogP) is 4.86. The molecule has 4 heterocycles. The van der Waals surface area contributed by atoms with Crippen LogP contribution in [0.1, 0.15) is 33.3 Å². The fourth-order valence-electron chi connectivity index (χ4n) is 4.10. The normalized spacial score (nSPS) is 15.7. The number of hydrogen-bond acceptors (Lipinski definition) is 6. The van der Waals surface area contributed by atoms with Gasteiger partial charge in [-0.25, -0.2) is 4.98 Å². The summed E-state index contributed by atoms with van der Waals surface area (Å²) >= 11 is 1.43. The van der Waals surface area contributed by atoms with E-state index in [2.05, 4.69) is 4.98 Å². The number of anilines is 1. The van der Waals surface area contributed by atoms with Crippen LogP contribution in [0.3, 0.4) is 0 Å². The maximum Gasteiger partial charge on any atom is 0.297 e. The number of fused-ring (bicyclic) bond motifs is 3. The van der Waals surface area contributed by atoms with E-state index >= 15 is 0 Å². The summed E-state index contributed by atoms with van der Waals surface area (Å²) in [4.78, 5) is 37.4. The second kappa shape index (κ2) is 6.58. The molecule has 0 unspecified atom stereocenters. The number of hydrogen-bond donors (Lipinski definition) is 0. The molecule has 0 saturated heterocycles. The van der Waals surface area contributed by atoms with Crippen molar-refractivity contribution >= 4 is 43.6 Å². The Kier molecular flexibility index (Phi) is 3.82. The molecule has 1 aliphatic heterocycles. The topological polar surface area (TPSA) is 76.3 Å². The first-order valence-corrected chi connectivity index (χ1v) is 10.6. The van der Waals surface area contributed by atoms with Crippen LogP contribution < -0.4 is 10.3 Å². The van der Waals surface area contributed by atoms with Crippen molar-refractivity contribution in [3.63, 3.8) is 0 Å². The first kappa shape index (κ1) is 18.0. The van der Waals surface area contributed by atoms with Crippen LogP contribution in [0.2, 0.25) is 0 Å². The molecule has 0 spiro atoms. The Bertz CT molecular complexity index is 1560. The van der Waals surface area contributed by atoms with Crippen LogP contribution in [-0.4, -0.2) is 15.9 Å². The predicted molar refractivity (Wildman–Crippen MR) is 120 cm³/mol. The molecule has 0 N–H and O–H groups in total. The summed E-state index contributed by atoms with van der Waals surface area (Å²) in [5.41, 5.74) is 3.24. The maximum absolute atomic E-state index is 13.6. The highest BCUT2D eigenvalue weighted by atomic mass is 32.1. The van der Waals surface area contributed by atoms with E-state index in [-0.39, 0.29) is 17.1 Å². The lowest BCUT2D eigenvalue weighted by Crippen LogP contribution is -2.29. The van der Waals surface area contributed by atoms with E-state index in [1.165, 1.54) is 11.3 Å². The van der Waals surface area contributed by atoms with Gasteiger partial charge in [0.1, 0.15) is 5.58 Å². The number of aromatic nitrogens is 2. The lowest BCUT2D eigenvalue weighted by molar-refractivity contribution is 0.0971. The van der Waals surface area contributed by atoms with Crippen LogP contribution in [-0.2, 0) is 0 Å². The Morgan fingerprint density at radius 3 is 2.68 bits per heavy atom. The smallest absolute Gasteiger partial charge is 0.297 e. The van der Waals surface area contributed by atoms with Crippen molar-refractivity contribution in [3.05, 3.63) is 99.7 Å². The lowest BCUT2D eigenvalue weighted by Gasteiger charge is -2.22. The van der Waals surface area contributed by atoms with E-state index in [0.717, 1.165) is 21.3 Å². The highest BCUT2D eigenvalue weighted by molar-refractivity contribution is 7.22. The third kappa shape index (κ3) is 2.63. The van der Waals surface area contributed by atoms with Crippen molar-refractivity contribution in [2.75, 3.05) is 4.90 Å². The molecule has 1 atom stereocenters. The number of carbonyl (C=O) groups excluding carboxylic acids is 1. The maximum atomic E-state index is 13.6. The molecule has 31 heavy (non-hydrogen) atoms. The van der Waals surface area contributed by atoms with Crippen LogP contribution in [0.15, 0.2) is 76.2 Å². The van der Waals surface area contributed by atoms with Crippen molar-refractivity contribution in [2.45, 2.75) is 13.0 Å². The summed E-state index contributed by atoms with van der Waals surface area (Å²) in [5.74, 6) is -0.295. The molecule has 5 aromatic rings. The van der Waals surface area contributed by atoms with Crippen molar-refractivity contribution in [2.24, 2.45) is 0 Å². The number of nitrogens with zero attached hydrogens (tertiary/aromatic N) is 3. The van der Waals surface area contributed by atoms with Crippen LogP contribution >= 0.6 is 11.3 Å². The summed E-state index contributed by atoms with van der Waals surface area (Å²) in [7, 11) is 0. The molecule has 1 aliphatic rings. The molecule has 3 aromatic heterocycles. The first-order chi connectivity index (χ1) is 15.1. The fourth-order valence-corrected chi connectivity index (χ4v) is 5.19. The van der Waals surface area contributed by atoms with Crippen LogP contribution in [0.25, 0.3) is 21.2 Å². The van der Waals surface area contributed by atoms with Gasteiger partial charge in [0, 0.05) is 12.4 Å². The quantitative estimate of drug-likeness (QED) is 0.404. The van der Waals surface area contributed by atoms with Crippen molar-refractivity contribution in [1.29, 1.82) is 0 Å². The number of carbonyl (C=O) groups is 1. The standard InChI is InChI=1S/C24H15N3O3S/c1-13-6-7-16-18(12-13)31-24(26-16)27-20(14-8-10-25-11-9-14)19-21(28)15-4-2-3-5-17(15)30-22(19)23(27)29/h2-12,20H,1H3/t20-/m0/s1. The zero-order valence-corrected chi connectivity index (χ0v) is 17.2. The third-order valence-electron chi connectivity index (χ3n) is 5.54. The van der Waals surface area contributed by atoms with Crippen molar-refractivity contribution in [1.82, 2.24) is 9.97 Å². The van der Waals surface area contributed by atoms with Gasteiger partial charge in [-0.05, 0) is 54.4 Å². The van der Waals surface area contributed by atoms with Crippen molar-refractivity contribution < 1.29 is 9.21 Å². The summed E-state index contributed by atoms with van der Waals surface area (Å²) < 4.78 is 6.95. The van der Waals surface area contributed by atoms with Crippen molar-refractivity contribution in [3.8, 4) is 0 Å². The second-order valence-electron chi connectivity index (χ2n) is 7.50. The molecule has 0 aliphatic carbocycles. The van der Waals surface area contributed by atoms with Crippen LogP contribution in [0.5, 0.6) is 0 Å². The highest BCUT2D eigenvalue weighted by Crippen LogP contribution is 2.43. The number of pyridine rings is 1. The SMILES string of the molecule is Cc1ccc2nc(N3C(=O)c4oc5ccccc5c(=O)c4[C@@H]3c3ccncc3)sc2c1. The average molecular weight is 425 g/mol. The number of aryl methyl sites for hydroxylation is 1. The summed E-state index contributed by atoms with van der Waals surface area (Å²) in [5, 5.41) is 0.983. The number of para-hydroxylation sites is 1. The minimum absolute atomic E-state index is 0.0703. The molecule has 1 amide bonds. The number of rotatable bonds is 2. The van der Waals surface area contributed by atoms with Gasteiger partial charge < -0.3 is 4.42 Å². The molecule has 0 bridgehead atoms. The third-order valence-corrected chi connectivity index (χ3v) is 6.56. The number of amides is 1. The Morgan fingerprint density at radius 2 is 1.84 bits per heavy atom. The molecule has 2 aromatic carbocycles. The van der Waals surface area contributed by atoms with E-state index in [1.807, 2.05) is 37.3 Å². The van der Waals surface area contributed by atoms with E-state index in [1.54, 1.807) is 41.6 Å². The van der Waals surface area contributed by atoms with Gasteiger partial charge in [0.25, 0.3) is 5.91 Å². The molecule has 0 saturated carbocycles. The molecule has 150 valence electrons. The lowest BCUT2D eigenvalue weighted by atomic mass is 10.00. The first-order valence-electron chi connectivity index (χ1n) is 9.78. The van der Waals surface area contributed by atoms with Gasteiger partial charge in [0.05, 0.1) is 27.2 Å². The van der Waals surface area contributed by atoms with E-state index in [4.69, 9.17) is 9.40 Å². The Labute approximate surface area is 180 Å². The molecule has 0 radical (unpaired) electrons. The molecular formula is C24H15N3O3S. The van der Waals surface area contributed by atoms with Crippen LogP contribution in [0.4, 0.5) is 5.13 Å². The molecule has 0 fully saturated rings. The number of thiazole rings is 1. The van der Waals surface area contributed by atoms with Gasteiger partial charge in [0.15, 0.2) is 10.6 Å². The fraction of sp³-hybridized carbons (Fsp3) is 0.0833. The zero-order valence-electron chi connectivity index (χ0n) is 16.4. The van der Waals surface area contributed by atoms with Gasteiger partial charge in [0.2, 0.25) is 5.76 Å². The molecule has 7 heteroatoms. The number of benzene rings is 2.